The molecule has 1 heteroatoms. The van der Waals surface area contributed by atoms with Crippen molar-refractivity contribution in [2.24, 2.45) is 0 Å². The van der Waals surface area contributed by atoms with Gasteiger partial charge in [0.05, 0.1) is 0 Å². The van der Waals surface area contributed by atoms with Crippen LogP contribution in [-0.4, -0.2) is 6.54 Å². The zero-order valence-electron chi connectivity index (χ0n) is 9.14. The Morgan fingerprint density at radius 1 is 1.43 bits per heavy atom. The van der Waals surface area contributed by atoms with Crippen LogP contribution in [0.25, 0.3) is 0 Å². The summed E-state index contributed by atoms with van der Waals surface area (Å²) >= 11 is 0. The van der Waals surface area contributed by atoms with Crippen molar-refractivity contribution >= 4 is 0 Å². The lowest BCUT2D eigenvalue weighted by atomic mass is 10.1. The first-order valence-electron chi connectivity index (χ1n) is 5.64. The molecule has 0 spiro atoms. The van der Waals surface area contributed by atoms with Gasteiger partial charge in [0.2, 0.25) is 0 Å². The second kappa shape index (κ2) is 4.14. The lowest BCUT2D eigenvalue weighted by Gasteiger charge is -2.13. The Bertz CT molecular complexity index is 317. The first kappa shape index (κ1) is 9.72. The van der Waals surface area contributed by atoms with E-state index in [4.69, 9.17) is 0 Å². The van der Waals surface area contributed by atoms with E-state index >= 15 is 0 Å². The van der Waals surface area contributed by atoms with Gasteiger partial charge in [0, 0.05) is 6.04 Å². The fraction of sp³-hybridized carbons (Fsp3) is 0.538. The molecule has 0 heterocycles. The third-order valence-electron chi connectivity index (χ3n) is 3.02. The fourth-order valence-electron chi connectivity index (χ4n) is 2.25. The van der Waals surface area contributed by atoms with Crippen LogP contribution >= 0.6 is 0 Å². The molecule has 2 rings (SSSR count). The Labute approximate surface area is 86.5 Å². The molecular weight excluding hydrogens is 170 g/mol. The van der Waals surface area contributed by atoms with E-state index in [1.807, 2.05) is 0 Å². The molecule has 1 nitrogen and oxygen atoms in total. The molecule has 0 aliphatic heterocycles. The van der Waals surface area contributed by atoms with Gasteiger partial charge >= 0.3 is 0 Å². The van der Waals surface area contributed by atoms with E-state index in [0.29, 0.717) is 6.04 Å². The number of rotatable bonds is 3. The summed E-state index contributed by atoms with van der Waals surface area (Å²) < 4.78 is 0. The average molecular weight is 189 g/mol. The van der Waals surface area contributed by atoms with Gasteiger partial charge in [-0.25, -0.2) is 0 Å². The maximum absolute atomic E-state index is 3.61. The molecule has 0 bridgehead atoms. The molecule has 0 amide bonds. The van der Waals surface area contributed by atoms with Gasteiger partial charge in [-0.3, -0.25) is 0 Å². The molecule has 1 atom stereocenters. The molecule has 1 aromatic rings. The van der Waals surface area contributed by atoms with Gasteiger partial charge in [0.1, 0.15) is 0 Å². The molecule has 76 valence electrons. The minimum atomic E-state index is 0.616. The maximum atomic E-state index is 3.61. The molecule has 14 heavy (non-hydrogen) atoms. The number of hydrogen-bond acceptors (Lipinski definition) is 1. The van der Waals surface area contributed by atoms with Gasteiger partial charge in [-0.15, -0.1) is 0 Å². The SMILES string of the molecule is CCCNC1CCc2ccc(C)cc21. The van der Waals surface area contributed by atoms with Crippen LogP contribution < -0.4 is 5.32 Å². The summed E-state index contributed by atoms with van der Waals surface area (Å²) in [7, 11) is 0. The van der Waals surface area contributed by atoms with Crippen molar-refractivity contribution in [2.45, 2.75) is 39.2 Å². The van der Waals surface area contributed by atoms with Gasteiger partial charge in [0.15, 0.2) is 0 Å². The zero-order valence-corrected chi connectivity index (χ0v) is 9.14. The van der Waals surface area contributed by atoms with Gasteiger partial charge in [-0.2, -0.15) is 0 Å². The number of benzene rings is 1. The van der Waals surface area contributed by atoms with Gasteiger partial charge < -0.3 is 5.32 Å². The summed E-state index contributed by atoms with van der Waals surface area (Å²) in [6.45, 7) is 5.53. The van der Waals surface area contributed by atoms with Crippen molar-refractivity contribution < 1.29 is 0 Å². The highest BCUT2D eigenvalue weighted by Crippen LogP contribution is 2.31. The maximum Gasteiger partial charge on any atom is 0.0326 e. The van der Waals surface area contributed by atoms with Crippen molar-refractivity contribution in [3.05, 3.63) is 34.9 Å². The van der Waals surface area contributed by atoms with Crippen LogP contribution in [-0.2, 0) is 6.42 Å². The van der Waals surface area contributed by atoms with Crippen molar-refractivity contribution in [3.63, 3.8) is 0 Å². The van der Waals surface area contributed by atoms with E-state index in [-0.39, 0.29) is 0 Å². The van der Waals surface area contributed by atoms with Gasteiger partial charge in [-0.1, -0.05) is 30.7 Å². The van der Waals surface area contributed by atoms with Crippen LogP contribution in [0.5, 0.6) is 0 Å². The minimum Gasteiger partial charge on any atom is -0.310 e. The van der Waals surface area contributed by atoms with E-state index in [1.54, 1.807) is 11.1 Å². The molecule has 1 N–H and O–H groups in total. The third kappa shape index (κ3) is 1.83. The topological polar surface area (TPSA) is 12.0 Å². The normalized spacial score (nSPS) is 19.7. The van der Waals surface area contributed by atoms with Crippen LogP contribution in [0, 0.1) is 6.92 Å². The summed E-state index contributed by atoms with van der Waals surface area (Å²) in [6.07, 6.45) is 3.74. The van der Waals surface area contributed by atoms with Crippen LogP contribution in [0.3, 0.4) is 0 Å². The first-order valence-corrected chi connectivity index (χ1v) is 5.64. The zero-order chi connectivity index (χ0) is 9.97. The summed E-state index contributed by atoms with van der Waals surface area (Å²) in [5.41, 5.74) is 4.47. The Morgan fingerprint density at radius 2 is 2.29 bits per heavy atom. The van der Waals surface area contributed by atoms with Crippen LogP contribution in [0.2, 0.25) is 0 Å². The molecule has 1 aliphatic carbocycles. The second-order valence-corrected chi connectivity index (χ2v) is 4.25. The van der Waals surface area contributed by atoms with Gasteiger partial charge in [0.25, 0.3) is 0 Å². The van der Waals surface area contributed by atoms with Crippen LogP contribution in [0.4, 0.5) is 0 Å². The quantitative estimate of drug-likeness (QED) is 0.770. The predicted octanol–water partition coefficient (Wildman–Crippen LogP) is 2.98. The van der Waals surface area contributed by atoms with Crippen molar-refractivity contribution in [1.82, 2.24) is 5.32 Å². The highest BCUT2D eigenvalue weighted by molar-refractivity contribution is 5.37. The van der Waals surface area contributed by atoms with Crippen molar-refractivity contribution in [2.75, 3.05) is 6.54 Å². The monoisotopic (exact) mass is 189 g/mol. The molecule has 0 aromatic heterocycles. The molecule has 0 saturated heterocycles. The summed E-state index contributed by atoms with van der Waals surface area (Å²) in [5, 5.41) is 3.61. The van der Waals surface area contributed by atoms with E-state index in [1.165, 1.54) is 24.8 Å². The summed E-state index contributed by atoms with van der Waals surface area (Å²) in [5.74, 6) is 0. The number of nitrogens with one attached hydrogen (secondary N) is 1. The van der Waals surface area contributed by atoms with E-state index < -0.39 is 0 Å². The van der Waals surface area contributed by atoms with Crippen molar-refractivity contribution in [1.29, 1.82) is 0 Å². The lowest BCUT2D eigenvalue weighted by Crippen LogP contribution is -2.19. The molecule has 1 aromatic carbocycles. The van der Waals surface area contributed by atoms with E-state index in [0.717, 1.165) is 6.54 Å². The van der Waals surface area contributed by atoms with Crippen molar-refractivity contribution in [3.8, 4) is 0 Å². The largest absolute Gasteiger partial charge is 0.310 e. The first-order chi connectivity index (χ1) is 6.81. The molecule has 0 radical (unpaired) electrons. The third-order valence-corrected chi connectivity index (χ3v) is 3.02. The average Bonchev–Trinajstić information content (AvgIpc) is 2.57. The van der Waals surface area contributed by atoms with Crippen LogP contribution in [0.1, 0.15) is 42.5 Å². The number of aryl methyl sites for hydroxylation is 2. The number of hydrogen-bond donors (Lipinski definition) is 1. The van der Waals surface area contributed by atoms with E-state index in [2.05, 4.69) is 37.4 Å². The second-order valence-electron chi connectivity index (χ2n) is 4.25. The van der Waals surface area contributed by atoms with Gasteiger partial charge in [-0.05, 0) is 43.9 Å². The highest BCUT2D eigenvalue weighted by Gasteiger charge is 2.21. The Hall–Kier alpha value is -0.820. The summed E-state index contributed by atoms with van der Waals surface area (Å²) in [6, 6.07) is 7.47. The smallest absolute Gasteiger partial charge is 0.0326 e. The number of fused-ring (bicyclic) bond motifs is 1. The highest BCUT2D eigenvalue weighted by atomic mass is 14.9. The predicted molar refractivity (Wildman–Crippen MR) is 60.5 cm³/mol. The molecule has 0 fully saturated rings. The molecular formula is C13H19N. The lowest BCUT2D eigenvalue weighted by molar-refractivity contribution is 0.529. The molecule has 1 aliphatic rings. The Kier molecular flexibility index (Phi) is 2.87. The Balaban J connectivity index is 2.16. The minimum absolute atomic E-state index is 0.616. The van der Waals surface area contributed by atoms with Crippen LogP contribution in [0.15, 0.2) is 18.2 Å². The standard InChI is InChI=1S/C13H19N/c1-3-8-14-13-7-6-11-5-4-10(2)9-12(11)13/h4-5,9,13-14H,3,6-8H2,1-2H3. The molecule has 0 saturated carbocycles. The van der Waals surface area contributed by atoms with E-state index in [9.17, 15) is 0 Å². The fourth-order valence-corrected chi connectivity index (χ4v) is 2.25. The Morgan fingerprint density at radius 3 is 3.07 bits per heavy atom. The summed E-state index contributed by atoms with van der Waals surface area (Å²) in [4.78, 5) is 0. The molecule has 1 unspecified atom stereocenters.